The minimum absolute atomic E-state index is 0.114. The second-order valence-electron chi connectivity index (χ2n) is 5.72. The molecule has 0 spiro atoms. The highest BCUT2D eigenvalue weighted by Crippen LogP contribution is 2.14. The molecule has 0 unspecified atom stereocenters. The van der Waals surface area contributed by atoms with Crippen molar-refractivity contribution in [2.75, 3.05) is 32.6 Å². The molecule has 0 saturated carbocycles. The molecule has 0 aliphatic carbocycles. The fourth-order valence-electron chi connectivity index (χ4n) is 2.20. The number of methoxy groups -OCH3 is 1. The number of carbonyl (C=O) groups excluding carboxylic acids is 3. The van der Waals surface area contributed by atoms with Crippen LogP contribution in [0.2, 0.25) is 0 Å². The Morgan fingerprint density at radius 2 is 1.81 bits per heavy atom. The molecule has 3 amide bonds. The maximum Gasteiger partial charge on any atom is 0.251 e. The van der Waals surface area contributed by atoms with Crippen molar-refractivity contribution in [2.24, 2.45) is 0 Å². The molecule has 2 aromatic carbocycles. The van der Waals surface area contributed by atoms with Crippen LogP contribution < -0.4 is 15.4 Å². The fraction of sp³-hybridized carbons (Fsp3) is 0.211. The molecule has 27 heavy (non-hydrogen) atoms. The lowest BCUT2D eigenvalue weighted by Gasteiger charge is -2.17. The van der Waals surface area contributed by atoms with Gasteiger partial charge in [0, 0.05) is 18.3 Å². The van der Waals surface area contributed by atoms with Gasteiger partial charge in [0.1, 0.15) is 11.6 Å². The van der Waals surface area contributed by atoms with Gasteiger partial charge in [-0.2, -0.15) is 0 Å². The van der Waals surface area contributed by atoms with Gasteiger partial charge in [-0.15, -0.1) is 0 Å². The summed E-state index contributed by atoms with van der Waals surface area (Å²) in [7, 11) is 2.99. The molecule has 0 aromatic heterocycles. The molecule has 0 aliphatic rings. The predicted molar refractivity (Wildman–Crippen MR) is 98.0 cm³/mol. The van der Waals surface area contributed by atoms with Gasteiger partial charge in [0.05, 0.1) is 20.2 Å². The average Bonchev–Trinajstić information content (AvgIpc) is 2.66. The zero-order chi connectivity index (χ0) is 19.8. The van der Waals surface area contributed by atoms with E-state index < -0.39 is 17.6 Å². The Hall–Kier alpha value is -3.42. The quantitative estimate of drug-likeness (QED) is 0.773. The van der Waals surface area contributed by atoms with Crippen molar-refractivity contribution in [3.8, 4) is 5.75 Å². The lowest BCUT2D eigenvalue weighted by molar-refractivity contribution is -0.132. The molecule has 0 heterocycles. The highest BCUT2D eigenvalue weighted by molar-refractivity contribution is 5.98. The van der Waals surface area contributed by atoms with Crippen molar-refractivity contribution in [3.05, 3.63) is 59.9 Å². The first-order valence-electron chi connectivity index (χ1n) is 8.10. The Bertz CT molecular complexity index is 824. The third kappa shape index (κ3) is 6.10. The van der Waals surface area contributed by atoms with Gasteiger partial charge in [-0.25, -0.2) is 4.39 Å². The predicted octanol–water partition coefficient (Wildman–Crippen LogP) is 1.66. The van der Waals surface area contributed by atoms with Crippen molar-refractivity contribution in [3.63, 3.8) is 0 Å². The molecule has 0 radical (unpaired) electrons. The van der Waals surface area contributed by atoms with Gasteiger partial charge in [-0.05, 0) is 42.5 Å². The van der Waals surface area contributed by atoms with Gasteiger partial charge >= 0.3 is 0 Å². The van der Waals surface area contributed by atoms with Crippen LogP contribution in [0.1, 0.15) is 10.4 Å². The molecule has 0 bridgehead atoms. The summed E-state index contributed by atoms with van der Waals surface area (Å²) < 4.78 is 18.1. The number of likely N-dealkylation sites (N-methyl/N-ethyl adjacent to an activating group) is 1. The van der Waals surface area contributed by atoms with E-state index in [-0.39, 0.29) is 24.6 Å². The van der Waals surface area contributed by atoms with Crippen LogP contribution >= 0.6 is 0 Å². The minimum Gasteiger partial charge on any atom is -0.497 e. The molecule has 0 fully saturated rings. The summed E-state index contributed by atoms with van der Waals surface area (Å²) in [5.74, 6) is -1.29. The zero-order valence-electron chi connectivity index (χ0n) is 15.0. The average molecular weight is 373 g/mol. The van der Waals surface area contributed by atoms with Crippen LogP contribution in [0.3, 0.4) is 0 Å². The van der Waals surface area contributed by atoms with Gasteiger partial charge in [-0.3, -0.25) is 14.4 Å². The van der Waals surface area contributed by atoms with Crippen molar-refractivity contribution >= 4 is 23.4 Å². The summed E-state index contributed by atoms with van der Waals surface area (Å²) in [6.07, 6.45) is 0. The third-order valence-corrected chi connectivity index (χ3v) is 3.67. The first-order chi connectivity index (χ1) is 12.9. The van der Waals surface area contributed by atoms with Crippen LogP contribution in [-0.2, 0) is 9.59 Å². The van der Waals surface area contributed by atoms with Crippen molar-refractivity contribution in [1.82, 2.24) is 10.2 Å². The van der Waals surface area contributed by atoms with E-state index in [9.17, 15) is 18.8 Å². The van der Waals surface area contributed by atoms with E-state index in [1.165, 1.54) is 30.1 Å². The number of ether oxygens (including phenoxy) is 1. The molecule has 0 atom stereocenters. The van der Waals surface area contributed by atoms with Crippen molar-refractivity contribution in [2.45, 2.75) is 0 Å². The Balaban J connectivity index is 1.80. The van der Waals surface area contributed by atoms with E-state index in [1.54, 1.807) is 31.4 Å². The van der Waals surface area contributed by atoms with Gasteiger partial charge < -0.3 is 20.3 Å². The minimum atomic E-state index is -0.570. The van der Waals surface area contributed by atoms with Crippen LogP contribution in [0.4, 0.5) is 10.1 Å². The number of carbonyl (C=O) groups is 3. The molecule has 2 aromatic rings. The number of nitrogens with one attached hydrogen (secondary N) is 2. The number of amides is 3. The van der Waals surface area contributed by atoms with E-state index in [4.69, 9.17) is 4.74 Å². The van der Waals surface area contributed by atoms with Crippen LogP contribution in [0, 0.1) is 5.82 Å². The second-order valence-corrected chi connectivity index (χ2v) is 5.72. The first-order valence-corrected chi connectivity index (χ1v) is 8.10. The number of halogens is 1. The van der Waals surface area contributed by atoms with Crippen molar-refractivity contribution in [1.29, 1.82) is 0 Å². The number of hydrogen-bond acceptors (Lipinski definition) is 4. The number of rotatable bonds is 7. The normalized spacial score (nSPS) is 10.0. The van der Waals surface area contributed by atoms with Crippen LogP contribution in [0.15, 0.2) is 48.5 Å². The lowest BCUT2D eigenvalue weighted by atomic mass is 10.2. The number of nitrogens with zero attached hydrogens (tertiary/aromatic N) is 1. The topological polar surface area (TPSA) is 87.7 Å². The highest BCUT2D eigenvalue weighted by atomic mass is 19.1. The van der Waals surface area contributed by atoms with Gasteiger partial charge in [-0.1, -0.05) is 6.07 Å². The molecule has 8 heteroatoms. The molecule has 2 rings (SSSR count). The molecule has 0 aliphatic heterocycles. The summed E-state index contributed by atoms with van der Waals surface area (Å²) in [4.78, 5) is 37.2. The van der Waals surface area contributed by atoms with Crippen molar-refractivity contribution < 1.29 is 23.5 Å². The Kier molecular flexibility index (Phi) is 6.87. The van der Waals surface area contributed by atoms with E-state index >= 15 is 0 Å². The summed E-state index contributed by atoms with van der Waals surface area (Å²) in [6.45, 7) is -0.484. The Morgan fingerprint density at radius 3 is 2.44 bits per heavy atom. The molecular formula is C19H20FN3O4. The van der Waals surface area contributed by atoms with E-state index in [2.05, 4.69) is 10.6 Å². The van der Waals surface area contributed by atoms with E-state index in [1.807, 2.05) is 0 Å². The number of hydrogen-bond donors (Lipinski definition) is 2. The number of benzene rings is 2. The largest absolute Gasteiger partial charge is 0.497 e. The molecular weight excluding hydrogens is 353 g/mol. The molecule has 0 saturated heterocycles. The van der Waals surface area contributed by atoms with E-state index in [0.717, 1.165) is 6.07 Å². The van der Waals surface area contributed by atoms with Crippen LogP contribution in [0.5, 0.6) is 5.75 Å². The van der Waals surface area contributed by atoms with Crippen LogP contribution in [0.25, 0.3) is 0 Å². The second kappa shape index (κ2) is 9.33. The summed E-state index contributed by atoms with van der Waals surface area (Å²) in [5.41, 5.74) is 0.684. The summed E-state index contributed by atoms with van der Waals surface area (Å²) in [5, 5.41) is 5.06. The van der Waals surface area contributed by atoms with Gasteiger partial charge in [0.25, 0.3) is 5.91 Å². The monoisotopic (exact) mass is 373 g/mol. The molecule has 2 N–H and O–H groups in total. The summed E-state index contributed by atoms with van der Waals surface area (Å²) in [6, 6.07) is 11.9. The smallest absolute Gasteiger partial charge is 0.251 e. The zero-order valence-corrected chi connectivity index (χ0v) is 15.0. The van der Waals surface area contributed by atoms with Crippen LogP contribution in [-0.4, -0.2) is 49.9 Å². The third-order valence-electron chi connectivity index (χ3n) is 3.67. The SMILES string of the molecule is COc1ccc(NC(=O)CN(C)C(=O)CNC(=O)c2cccc(F)c2)cc1. The first kappa shape index (κ1) is 19.9. The molecule has 142 valence electrons. The highest BCUT2D eigenvalue weighted by Gasteiger charge is 2.15. The van der Waals surface area contributed by atoms with Gasteiger partial charge in [0.2, 0.25) is 11.8 Å². The van der Waals surface area contributed by atoms with E-state index in [0.29, 0.717) is 11.4 Å². The number of anilines is 1. The Morgan fingerprint density at radius 1 is 1.11 bits per heavy atom. The maximum atomic E-state index is 13.1. The maximum absolute atomic E-state index is 13.1. The lowest BCUT2D eigenvalue weighted by Crippen LogP contribution is -2.41. The standard InChI is InChI=1S/C19H20FN3O4/c1-23(12-17(24)22-15-6-8-16(27-2)9-7-15)18(25)11-21-19(26)13-4-3-5-14(20)10-13/h3-10H,11-12H2,1-2H3,(H,21,26)(H,22,24). The Labute approximate surface area is 156 Å². The fourth-order valence-corrected chi connectivity index (χ4v) is 2.20. The summed E-state index contributed by atoms with van der Waals surface area (Å²) >= 11 is 0. The molecule has 7 nitrogen and oxygen atoms in total. The van der Waals surface area contributed by atoms with Gasteiger partial charge in [0.15, 0.2) is 0 Å².